The molecule has 1 saturated carbocycles. The second-order valence-corrected chi connectivity index (χ2v) is 7.86. The number of carbonyl (C=O) groups excluding carboxylic acids is 1. The van der Waals surface area contributed by atoms with Crippen LogP contribution in [0.3, 0.4) is 0 Å². The number of pyridine rings is 1. The zero-order valence-electron chi connectivity index (χ0n) is 15.8. The van der Waals surface area contributed by atoms with Crippen molar-refractivity contribution in [1.29, 1.82) is 0 Å². The molecule has 7 nitrogen and oxygen atoms in total. The SMILES string of the molecule is COCCOC1CCC(NC(=O)c2nc(-c3cncs3)cc3cc[nH]c23)CC1. The standard InChI is InChI=1S/C20H24N4O3S/c1-26-8-9-27-15-4-2-14(3-5-15)23-20(25)19-18-13(6-7-22-18)10-16(24-19)17-11-21-12-28-17/h6-7,10-12,14-15,22H,2-5,8-9H2,1H3,(H,23,25). The Labute approximate surface area is 167 Å². The van der Waals surface area contributed by atoms with Crippen LogP contribution in [0.15, 0.2) is 30.0 Å². The van der Waals surface area contributed by atoms with E-state index < -0.39 is 0 Å². The molecule has 0 unspecified atom stereocenters. The number of nitrogens with one attached hydrogen (secondary N) is 2. The third-order valence-corrected chi connectivity index (χ3v) is 5.89. The number of aromatic nitrogens is 3. The quantitative estimate of drug-likeness (QED) is 0.594. The molecule has 1 fully saturated rings. The van der Waals surface area contributed by atoms with Gasteiger partial charge >= 0.3 is 0 Å². The van der Waals surface area contributed by atoms with E-state index in [-0.39, 0.29) is 18.1 Å². The number of ether oxygens (including phenoxy) is 2. The van der Waals surface area contributed by atoms with Crippen molar-refractivity contribution in [2.75, 3.05) is 20.3 Å². The molecule has 3 heterocycles. The molecule has 8 heteroatoms. The maximum Gasteiger partial charge on any atom is 0.272 e. The Morgan fingerprint density at radius 3 is 2.93 bits per heavy atom. The van der Waals surface area contributed by atoms with E-state index in [0.717, 1.165) is 47.2 Å². The van der Waals surface area contributed by atoms with Crippen LogP contribution in [0.2, 0.25) is 0 Å². The minimum atomic E-state index is -0.137. The van der Waals surface area contributed by atoms with Gasteiger partial charge in [-0.15, -0.1) is 11.3 Å². The fourth-order valence-electron chi connectivity index (χ4n) is 3.62. The van der Waals surface area contributed by atoms with Crippen molar-refractivity contribution in [3.8, 4) is 10.6 Å². The molecule has 1 amide bonds. The molecule has 4 rings (SSSR count). The van der Waals surface area contributed by atoms with Gasteiger partial charge in [0.2, 0.25) is 0 Å². The summed E-state index contributed by atoms with van der Waals surface area (Å²) in [5.74, 6) is -0.137. The molecule has 0 aromatic carbocycles. The van der Waals surface area contributed by atoms with Gasteiger partial charge in [-0.25, -0.2) is 4.98 Å². The van der Waals surface area contributed by atoms with Crippen LogP contribution in [-0.2, 0) is 9.47 Å². The fourth-order valence-corrected chi connectivity index (χ4v) is 4.20. The maximum absolute atomic E-state index is 13.0. The van der Waals surface area contributed by atoms with Crippen molar-refractivity contribution in [3.63, 3.8) is 0 Å². The first kappa shape index (κ1) is 19.0. The monoisotopic (exact) mass is 400 g/mol. The lowest BCUT2D eigenvalue weighted by Crippen LogP contribution is -2.39. The first-order chi connectivity index (χ1) is 13.7. The van der Waals surface area contributed by atoms with Crippen LogP contribution in [0.4, 0.5) is 0 Å². The van der Waals surface area contributed by atoms with E-state index in [1.54, 1.807) is 18.8 Å². The molecule has 0 saturated heterocycles. The van der Waals surface area contributed by atoms with Gasteiger partial charge in [0.1, 0.15) is 0 Å². The number of amides is 1. The molecule has 2 N–H and O–H groups in total. The van der Waals surface area contributed by atoms with E-state index in [4.69, 9.17) is 9.47 Å². The normalized spacial score (nSPS) is 19.8. The van der Waals surface area contributed by atoms with E-state index >= 15 is 0 Å². The lowest BCUT2D eigenvalue weighted by Gasteiger charge is -2.29. The Hall–Kier alpha value is -2.29. The summed E-state index contributed by atoms with van der Waals surface area (Å²) in [5, 5.41) is 4.13. The van der Waals surface area contributed by atoms with E-state index in [0.29, 0.717) is 18.9 Å². The van der Waals surface area contributed by atoms with Crippen LogP contribution in [0, 0.1) is 0 Å². The molecule has 1 aliphatic carbocycles. The van der Waals surface area contributed by atoms with Crippen molar-refractivity contribution in [2.45, 2.75) is 37.8 Å². The molecule has 0 atom stereocenters. The van der Waals surface area contributed by atoms with Crippen LogP contribution in [0.5, 0.6) is 0 Å². The Balaban J connectivity index is 1.44. The first-order valence-electron chi connectivity index (χ1n) is 9.53. The highest BCUT2D eigenvalue weighted by molar-refractivity contribution is 7.13. The van der Waals surface area contributed by atoms with Gasteiger partial charge in [0.25, 0.3) is 5.91 Å². The highest BCUT2D eigenvalue weighted by Crippen LogP contribution is 2.27. The molecule has 0 spiro atoms. The molecule has 0 radical (unpaired) electrons. The molecule has 3 aromatic heterocycles. The van der Waals surface area contributed by atoms with Gasteiger partial charge in [-0.2, -0.15) is 0 Å². The lowest BCUT2D eigenvalue weighted by atomic mass is 9.93. The van der Waals surface area contributed by atoms with Crippen LogP contribution in [0.1, 0.15) is 36.2 Å². The van der Waals surface area contributed by atoms with Gasteiger partial charge < -0.3 is 19.8 Å². The highest BCUT2D eigenvalue weighted by Gasteiger charge is 2.25. The van der Waals surface area contributed by atoms with Crippen molar-refractivity contribution < 1.29 is 14.3 Å². The van der Waals surface area contributed by atoms with E-state index in [9.17, 15) is 4.79 Å². The van der Waals surface area contributed by atoms with Gasteiger partial charge in [0.15, 0.2) is 5.69 Å². The van der Waals surface area contributed by atoms with Gasteiger partial charge in [-0.05, 0) is 37.8 Å². The molecule has 0 bridgehead atoms. The Bertz CT molecular complexity index is 917. The first-order valence-corrected chi connectivity index (χ1v) is 10.4. The number of aromatic amines is 1. The molecule has 0 aliphatic heterocycles. The van der Waals surface area contributed by atoms with Crippen LogP contribution < -0.4 is 5.32 Å². The summed E-state index contributed by atoms with van der Waals surface area (Å²) in [5.41, 5.74) is 3.74. The number of nitrogens with zero attached hydrogens (tertiary/aromatic N) is 2. The lowest BCUT2D eigenvalue weighted by molar-refractivity contribution is -0.00409. The summed E-state index contributed by atoms with van der Waals surface area (Å²) >= 11 is 1.51. The molecular weight excluding hydrogens is 376 g/mol. The largest absolute Gasteiger partial charge is 0.382 e. The van der Waals surface area contributed by atoms with Gasteiger partial charge in [0, 0.05) is 30.9 Å². The molecule has 3 aromatic rings. The summed E-state index contributed by atoms with van der Waals surface area (Å²) in [6, 6.07) is 4.09. The number of hydrogen-bond acceptors (Lipinski definition) is 6. The molecular formula is C20H24N4O3S. The number of hydrogen-bond donors (Lipinski definition) is 2. The maximum atomic E-state index is 13.0. The summed E-state index contributed by atoms with van der Waals surface area (Å²) in [7, 11) is 1.68. The number of H-pyrrole nitrogens is 1. The number of thiazole rings is 1. The third kappa shape index (κ3) is 4.24. The van der Waals surface area contributed by atoms with Gasteiger partial charge in [-0.3, -0.25) is 9.78 Å². The van der Waals surface area contributed by atoms with Crippen molar-refractivity contribution in [1.82, 2.24) is 20.3 Å². The molecule has 148 valence electrons. The minimum absolute atomic E-state index is 0.137. The number of methoxy groups -OCH3 is 1. The summed E-state index contributed by atoms with van der Waals surface area (Å²) in [4.78, 5) is 25.8. The van der Waals surface area contributed by atoms with Crippen LogP contribution in [0.25, 0.3) is 21.5 Å². The predicted octanol–water partition coefficient (Wildman–Crippen LogP) is 3.39. The van der Waals surface area contributed by atoms with E-state index in [1.807, 2.05) is 18.3 Å². The minimum Gasteiger partial charge on any atom is -0.382 e. The van der Waals surface area contributed by atoms with Crippen LogP contribution >= 0.6 is 11.3 Å². The molecule has 1 aliphatic rings. The fraction of sp³-hybridized carbons (Fsp3) is 0.450. The topological polar surface area (TPSA) is 89.1 Å². The summed E-state index contributed by atoms with van der Waals surface area (Å²) in [6.07, 6.45) is 7.57. The second kappa shape index (κ2) is 8.81. The van der Waals surface area contributed by atoms with Crippen molar-refractivity contribution in [2.24, 2.45) is 0 Å². The highest BCUT2D eigenvalue weighted by atomic mass is 32.1. The van der Waals surface area contributed by atoms with Gasteiger partial charge in [0.05, 0.1) is 40.9 Å². The number of carbonyl (C=O) groups is 1. The summed E-state index contributed by atoms with van der Waals surface area (Å²) < 4.78 is 10.8. The second-order valence-electron chi connectivity index (χ2n) is 6.97. The Morgan fingerprint density at radius 1 is 1.32 bits per heavy atom. The number of rotatable bonds is 7. The number of fused-ring (bicyclic) bond motifs is 1. The average Bonchev–Trinajstić information content (AvgIpc) is 3.40. The van der Waals surface area contributed by atoms with E-state index in [2.05, 4.69) is 20.3 Å². The van der Waals surface area contributed by atoms with Gasteiger partial charge in [-0.1, -0.05) is 0 Å². The van der Waals surface area contributed by atoms with Crippen molar-refractivity contribution in [3.05, 3.63) is 35.7 Å². The predicted molar refractivity (Wildman–Crippen MR) is 109 cm³/mol. The Kier molecular flexibility index (Phi) is 5.99. The van der Waals surface area contributed by atoms with E-state index in [1.165, 1.54) is 11.3 Å². The van der Waals surface area contributed by atoms with Crippen molar-refractivity contribution >= 4 is 28.1 Å². The zero-order valence-corrected chi connectivity index (χ0v) is 16.6. The zero-order chi connectivity index (χ0) is 19.3. The summed E-state index contributed by atoms with van der Waals surface area (Å²) in [6.45, 7) is 1.24. The molecule has 28 heavy (non-hydrogen) atoms. The Morgan fingerprint density at radius 2 is 2.18 bits per heavy atom. The third-order valence-electron chi connectivity index (χ3n) is 5.09. The average molecular weight is 401 g/mol. The smallest absolute Gasteiger partial charge is 0.272 e. The van der Waals surface area contributed by atoms with Crippen LogP contribution in [-0.4, -0.2) is 53.3 Å².